The molecule has 0 unspecified atom stereocenters. The highest BCUT2D eigenvalue weighted by molar-refractivity contribution is 7.92. The maximum Gasteiger partial charge on any atom is 0.261 e. The minimum atomic E-state index is -4.08. The Hall–Kier alpha value is -1.99. The number of anilines is 1. The fourth-order valence-electron chi connectivity index (χ4n) is 2.50. The number of sulfonamides is 3. The van der Waals surface area contributed by atoms with Crippen LogP contribution in [0.3, 0.4) is 0 Å². The molecule has 1 N–H and O–H groups in total. The van der Waals surface area contributed by atoms with Crippen LogP contribution in [-0.2, 0) is 30.1 Å². The zero-order valence-corrected chi connectivity index (χ0v) is 20.0. The average molecular weight is 476 g/mol. The molecule has 12 heteroatoms. The number of aryl methyl sites for hydroxylation is 1. The van der Waals surface area contributed by atoms with Gasteiger partial charge in [-0.25, -0.2) is 33.9 Å². The van der Waals surface area contributed by atoms with Crippen LogP contribution in [0.4, 0.5) is 5.69 Å². The average Bonchev–Trinajstić information content (AvgIpc) is 2.64. The Kier molecular flexibility index (Phi) is 6.69. The summed E-state index contributed by atoms with van der Waals surface area (Å²) in [5.74, 6) is 0. The molecule has 0 radical (unpaired) electrons. The van der Waals surface area contributed by atoms with Gasteiger partial charge in [0.15, 0.2) is 0 Å². The Morgan fingerprint density at radius 3 is 1.57 bits per heavy atom. The Labute approximate surface area is 178 Å². The molecule has 0 saturated heterocycles. The number of hydrogen-bond acceptors (Lipinski definition) is 6. The van der Waals surface area contributed by atoms with Gasteiger partial charge in [0.25, 0.3) is 10.0 Å². The van der Waals surface area contributed by atoms with Crippen molar-refractivity contribution in [3.05, 3.63) is 47.5 Å². The first-order valence-electron chi connectivity index (χ1n) is 8.70. The zero-order valence-electron chi connectivity index (χ0n) is 17.5. The summed E-state index contributed by atoms with van der Waals surface area (Å²) >= 11 is 0. The highest BCUT2D eigenvalue weighted by Crippen LogP contribution is 2.28. The van der Waals surface area contributed by atoms with Gasteiger partial charge in [-0.05, 0) is 61.4 Å². The highest BCUT2D eigenvalue weighted by Gasteiger charge is 2.23. The molecule has 0 saturated carbocycles. The molecule has 2 aromatic rings. The van der Waals surface area contributed by atoms with Crippen LogP contribution in [0.15, 0.2) is 51.1 Å². The van der Waals surface area contributed by atoms with Crippen LogP contribution in [0.1, 0.15) is 11.1 Å². The van der Waals surface area contributed by atoms with E-state index in [4.69, 9.17) is 0 Å². The molecule has 2 rings (SSSR count). The van der Waals surface area contributed by atoms with Gasteiger partial charge < -0.3 is 0 Å². The van der Waals surface area contributed by atoms with E-state index >= 15 is 0 Å². The summed E-state index contributed by atoms with van der Waals surface area (Å²) in [5, 5.41) is 0. The molecule has 0 amide bonds. The number of nitrogens with one attached hydrogen (secondary N) is 1. The van der Waals surface area contributed by atoms with Gasteiger partial charge in [-0.15, -0.1) is 0 Å². The zero-order chi connectivity index (χ0) is 23.1. The van der Waals surface area contributed by atoms with E-state index < -0.39 is 30.1 Å². The maximum atomic E-state index is 12.8. The van der Waals surface area contributed by atoms with Gasteiger partial charge in [-0.2, -0.15) is 0 Å². The molecular weight excluding hydrogens is 450 g/mol. The van der Waals surface area contributed by atoms with Crippen LogP contribution in [0.2, 0.25) is 0 Å². The fraction of sp³-hybridized carbons (Fsp3) is 0.333. The van der Waals surface area contributed by atoms with Crippen LogP contribution in [-0.4, -0.2) is 62.1 Å². The lowest BCUT2D eigenvalue weighted by atomic mass is 10.1. The fourth-order valence-corrected chi connectivity index (χ4v) is 5.53. The predicted molar refractivity (Wildman–Crippen MR) is 115 cm³/mol. The molecule has 166 valence electrons. The molecule has 0 bridgehead atoms. The third kappa shape index (κ3) is 4.67. The lowest BCUT2D eigenvalue weighted by Gasteiger charge is -2.17. The van der Waals surface area contributed by atoms with Crippen LogP contribution < -0.4 is 4.72 Å². The number of hydrogen-bond donors (Lipinski definition) is 1. The van der Waals surface area contributed by atoms with Crippen molar-refractivity contribution in [2.24, 2.45) is 0 Å². The molecule has 2 aromatic carbocycles. The summed E-state index contributed by atoms with van der Waals surface area (Å²) in [6.45, 7) is 3.36. The second-order valence-corrected chi connectivity index (χ2v) is 13.1. The molecule has 0 spiro atoms. The monoisotopic (exact) mass is 475 g/mol. The van der Waals surface area contributed by atoms with E-state index in [2.05, 4.69) is 4.72 Å². The molecule has 0 fully saturated rings. The van der Waals surface area contributed by atoms with Crippen molar-refractivity contribution in [2.45, 2.75) is 28.5 Å². The molecule has 0 aliphatic heterocycles. The lowest BCUT2D eigenvalue weighted by molar-refractivity contribution is 0.519. The van der Waals surface area contributed by atoms with Gasteiger partial charge in [-0.3, -0.25) is 4.72 Å². The van der Waals surface area contributed by atoms with Gasteiger partial charge in [0.05, 0.1) is 20.4 Å². The molecular formula is C18H25N3O6S3. The topological polar surface area (TPSA) is 121 Å². The van der Waals surface area contributed by atoms with Crippen molar-refractivity contribution >= 4 is 35.8 Å². The summed E-state index contributed by atoms with van der Waals surface area (Å²) in [4.78, 5) is -0.239. The smallest absolute Gasteiger partial charge is 0.261 e. The van der Waals surface area contributed by atoms with E-state index in [9.17, 15) is 25.3 Å². The van der Waals surface area contributed by atoms with Gasteiger partial charge in [0.1, 0.15) is 0 Å². The summed E-state index contributed by atoms with van der Waals surface area (Å²) in [5.41, 5.74) is 1.30. The van der Waals surface area contributed by atoms with Gasteiger partial charge in [0.2, 0.25) is 20.0 Å². The second kappa shape index (κ2) is 8.27. The summed E-state index contributed by atoms with van der Waals surface area (Å²) in [6.07, 6.45) is 0. The Morgan fingerprint density at radius 2 is 1.10 bits per heavy atom. The summed E-state index contributed by atoms with van der Waals surface area (Å²) in [7, 11) is -6.01. The second-order valence-electron chi connectivity index (χ2n) is 7.06. The maximum absolute atomic E-state index is 12.8. The predicted octanol–water partition coefficient (Wildman–Crippen LogP) is 1.60. The third-order valence-corrected chi connectivity index (χ3v) is 9.58. The van der Waals surface area contributed by atoms with Crippen LogP contribution in [0.25, 0.3) is 0 Å². The van der Waals surface area contributed by atoms with E-state index in [0.29, 0.717) is 11.1 Å². The van der Waals surface area contributed by atoms with E-state index in [1.54, 1.807) is 13.8 Å². The van der Waals surface area contributed by atoms with Crippen molar-refractivity contribution in [1.82, 2.24) is 8.61 Å². The van der Waals surface area contributed by atoms with Crippen LogP contribution in [0.5, 0.6) is 0 Å². The molecule has 30 heavy (non-hydrogen) atoms. The summed E-state index contributed by atoms with van der Waals surface area (Å²) < 4.78 is 79.3. The lowest BCUT2D eigenvalue weighted by Crippen LogP contribution is -2.23. The van der Waals surface area contributed by atoms with E-state index in [1.165, 1.54) is 64.6 Å². The van der Waals surface area contributed by atoms with Crippen molar-refractivity contribution in [2.75, 3.05) is 32.9 Å². The third-order valence-electron chi connectivity index (χ3n) is 4.58. The van der Waals surface area contributed by atoms with Crippen molar-refractivity contribution < 1.29 is 25.3 Å². The Bertz CT molecular complexity index is 1270. The normalized spacial score (nSPS) is 13.1. The molecule has 0 atom stereocenters. The first-order valence-corrected chi connectivity index (χ1v) is 13.1. The molecule has 9 nitrogen and oxygen atoms in total. The number of rotatable bonds is 7. The summed E-state index contributed by atoms with van der Waals surface area (Å²) in [6, 6.07) is 7.51. The Balaban J connectivity index is 2.48. The number of nitrogens with zero attached hydrogens (tertiary/aromatic N) is 2. The number of benzene rings is 2. The van der Waals surface area contributed by atoms with Crippen molar-refractivity contribution in [3.8, 4) is 0 Å². The minimum absolute atomic E-state index is 0.0410. The van der Waals surface area contributed by atoms with E-state index in [-0.39, 0.29) is 20.4 Å². The van der Waals surface area contributed by atoms with Crippen molar-refractivity contribution in [3.63, 3.8) is 0 Å². The highest BCUT2D eigenvalue weighted by atomic mass is 32.2. The van der Waals surface area contributed by atoms with Gasteiger partial charge >= 0.3 is 0 Å². The molecule has 0 aliphatic rings. The van der Waals surface area contributed by atoms with Crippen molar-refractivity contribution in [1.29, 1.82) is 0 Å². The van der Waals surface area contributed by atoms with E-state index in [1.807, 2.05) is 0 Å². The van der Waals surface area contributed by atoms with Gasteiger partial charge in [0, 0.05) is 28.2 Å². The minimum Gasteiger partial charge on any atom is -0.279 e. The van der Waals surface area contributed by atoms with E-state index in [0.717, 1.165) is 8.61 Å². The molecule has 0 heterocycles. The quantitative estimate of drug-likeness (QED) is 0.649. The first kappa shape index (κ1) is 24.3. The van der Waals surface area contributed by atoms with Gasteiger partial charge in [-0.1, -0.05) is 0 Å². The standard InChI is InChI=1S/C18H25N3O6S3/c1-13-11-17(30(26,27)21(5)6)12-18(14(13)2)19-28(22,23)15-7-9-16(10-8-15)29(24,25)20(3)4/h7-12,19H,1-6H3. The van der Waals surface area contributed by atoms with Crippen LogP contribution in [0, 0.1) is 13.8 Å². The molecule has 0 aromatic heterocycles. The largest absolute Gasteiger partial charge is 0.279 e. The molecule has 0 aliphatic carbocycles. The first-order chi connectivity index (χ1) is 13.6. The van der Waals surface area contributed by atoms with Crippen LogP contribution >= 0.6 is 0 Å². The SMILES string of the molecule is Cc1cc(S(=O)(=O)N(C)C)cc(NS(=O)(=O)c2ccc(S(=O)(=O)N(C)C)cc2)c1C. The Morgan fingerprint density at radius 1 is 0.667 bits per heavy atom.